The molecule has 3 nitrogen and oxygen atoms in total. The van der Waals surface area contributed by atoms with Gasteiger partial charge in [-0.05, 0) is 20.5 Å². The molecule has 1 unspecified atom stereocenters. The van der Waals surface area contributed by atoms with E-state index < -0.39 is 0 Å². The number of carbonyl (C=O) groups excluding carboxylic acids is 1. The van der Waals surface area contributed by atoms with E-state index in [1.54, 1.807) is 11.0 Å². The Balaban J connectivity index is 3.97. The molecule has 0 bridgehead atoms. The number of likely N-dealkylation sites (N-methyl/N-ethyl adjacent to an activating group) is 1. The van der Waals surface area contributed by atoms with Crippen molar-refractivity contribution in [1.82, 2.24) is 4.90 Å². The molecular weight excluding hydrogens is 128 g/mol. The first kappa shape index (κ1) is 9.17. The number of hydrogen-bond donors (Lipinski definition) is 1. The fraction of sp³-hybridized carbons (Fsp3) is 0.571. The molecule has 10 heavy (non-hydrogen) atoms. The molecule has 0 aromatic rings. The van der Waals surface area contributed by atoms with Gasteiger partial charge in [-0.1, -0.05) is 6.08 Å². The molecule has 0 heterocycles. The molecule has 0 aliphatic rings. The minimum atomic E-state index is -0.301. The summed E-state index contributed by atoms with van der Waals surface area (Å²) in [5, 5.41) is 0. The quantitative estimate of drug-likeness (QED) is 0.561. The average Bonchev–Trinajstić information content (AvgIpc) is 1.81. The van der Waals surface area contributed by atoms with Crippen molar-refractivity contribution in [3.8, 4) is 0 Å². The topological polar surface area (TPSA) is 46.3 Å². The standard InChI is InChI=1S/C7H14N2O/c1-4-5-6(7(8)10)9(2)3/h4,6H,1,5H2,2-3H3,(H2,8,10). The number of rotatable bonds is 4. The predicted octanol–water partition coefficient (Wildman–Crippen LogP) is -0.0220. The second-order valence-corrected chi connectivity index (χ2v) is 2.41. The highest BCUT2D eigenvalue weighted by Crippen LogP contribution is 1.98. The van der Waals surface area contributed by atoms with E-state index >= 15 is 0 Å². The van der Waals surface area contributed by atoms with Gasteiger partial charge in [0.25, 0.3) is 0 Å². The van der Waals surface area contributed by atoms with E-state index in [0.717, 1.165) is 0 Å². The van der Waals surface area contributed by atoms with Crippen molar-refractivity contribution in [3.63, 3.8) is 0 Å². The monoisotopic (exact) mass is 142 g/mol. The lowest BCUT2D eigenvalue weighted by atomic mass is 10.2. The van der Waals surface area contributed by atoms with Crippen molar-refractivity contribution < 1.29 is 4.79 Å². The van der Waals surface area contributed by atoms with Crippen LogP contribution in [0.15, 0.2) is 12.7 Å². The maximum absolute atomic E-state index is 10.7. The minimum Gasteiger partial charge on any atom is -0.368 e. The molecule has 0 aliphatic heterocycles. The van der Waals surface area contributed by atoms with Crippen LogP contribution in [0, 0.1) is 0 Å². The van der Waals surface area contributed by atoms with Gasteiger partial charge < -0.3 is 5.73 Å². The Labute approximate surface area is 61.5 Å². The Hall–Kier alpha value is -0.830. The summed E-state index contributed by atoms with van der Waals surface area (Å²) < 4.78 is 0. The molecule has 0 saturated heterocycles. The Kier molecular flexibility index (Phi) is 3.72. The molecule has 58 valence electrons. The lowest BCUT2D eigenvalue weighted by Crippen LogP contribution is -2.39. The van der Waals surface area contributed by atoms with Gasteiger partial charge in [0.05, 0.1) is 6.04 Å². The Morgan fingerprint density at radius 2 is 2.30 bits per heavy atom. The smallest absolute Gasteiger partial charge is 0.235 e. The molecule has 2 N–H and O–H groups in total. The van der Waals surface area contributed by atoms with Gasteiger partial charge in [0, 0.05) is 0 Å². The van der Waals surface area contributed by atoms with Crippen LogP contribution in [0.2, 0.25) is 0 Å². The highest BCUT2D eigenvalue weighted by Gasteiger charge is 2.14. The summed E-state index contributed by atoms with van der Waals surface area (Å²) in [5.41, 5.74) is 5.10. The number of carbonyl (C=O) groups is 1. The number of nitrogens with zero attached hydrogens (tertiary/aromatic N) is 1. The molecule has 0 radical (unpaired) electrons. The van der Waals surface area contributed by atoms with Gasteiger partial charge in [0.1, 0.15) is 0 Å². The zero-order valence-electron chi connectivity index (χ0n) is 6.50. The maximum Gasteiger partial charge on any atom is 0.235 e. The Morgan fingerprint density at radius 3 is 2.40 bits per heavy atom. The molecule has 1 atom stereocenters. The summed E-state index contributed by atoms with van der Waals surface area (Å²) in [7, 11) is 3.64. The highest BCUT2D eigenvalue weighted by molar-refractivity contribution is 5.79. The summed E-state index contributed by atoms with van der Waals surface area (Å²) in [6, 6.07) is -0.211. The van der Waals surface area contributed by atoms with E-state index in [4.69, 9.17) is 5.73 Å². The van der Waals surface area contributed by atoms with E-state index in [2.05, 4.69) is 6.58 Å². The van der Waals surface area contributed by atoms with Gasteiger partial charge in [-0.2, -0.15) is 0 Å². The van der Waals surface area contributed by atoms with Crippen molar-refractivity contribution >= 4 is 5.91 Å². The Bertz CT molecular complexity index is 132. The van der Waals surface area contributed by atoms with Gasteiger partial charge >= 0.3 is 0 Å². The van der Waals surface area contributed by atoms with Crippen LogP contribution in [-0.2, 0) is 4.79 Å². The summed E-state index contributed by atoms with van der Waals surface area (Å²) in [5.74, 6) is -0.301. The molecule has 1 amide bonds. The number of hydrogen-bond acceptors (Lipinski definition) is 2. The van der Waals surface area contributed by atoms with E-state index in [1.807, 2.05) is 14.1 Å². The molecule has 0 fully saturated rings. The van der Waals surface area contributed by atoms with Crippen molar-refractivity contribution in [2.75, 3.05) is 14.1 Å². The Morgan fingerprint density at radius 1 is 1.80 bits per heavy atom. The van der Waals surface area contributed by atoms with Gasteiger partial charge in [0.2, 0.25) is 5.91 Å². The zero-order chi connectivity index (χ0) is 8.15. The fourth-order valence-electron chi connectivity index (χ4n) is 0.739. The second kappa shape index (κ2) is 4.06. The molecule has 0 aliphatic carbocycles. The maximum atomic E-state index is 10.7. The van der Waals surface area contributed by atoms with Crippen LogP contribution >= 0.6 is 0 Å². The zero-order valence-corrected chi connectivity index (χ0v) is 6.50. The van der Waals surface area contributed by atoms with Crippen LogP contribution in [0.25, 0.3) is 0 Å². The number of primary amides is 1. The van der Waals surface area contributed by atoms with Gasteiger partial charge in [-0.3, -0.25) is 9.69 Å². The van der Waals surface area contributed by atoms with E-state index in [1.165, 1.54) is 0 Å². The van der Waals surface area contributed by atoms with Crippen molar-refractivity contribution in [3.05, 3.63) is 12.7 Å². The first-order valence-electron chi connectivity index (χ1n) is 3.16. The summed E-state index contributed by atoms with van der Waals surface area (Å²) in [4.78, 5) is 12.4. The van der Waals surface area contributed by atoms with Crippen molar-refractivity contribution in [2.24, 2.45) is 5.73 Å². The predicted molar refractivity (Wildman–Crippen MR) is 41.5 cm³/mol. The average molecular weight is 142 g/mol. The van der Waals surface area contributed by atoms with Crippen LogP contribution < -0.4 is 5.73 Å². The minimum absolute atomic E-state index is 0.211. The summed E-state index contributed by atoms with van der Waals surface area (Å²) in [6.45, 7) is 3.53. The van der Waals surface area contributed by atoms with Gasteiger partial charge in [-0.15, -0.1) is 6.58 Å². The molecule has 0 saturated carbocycles. The van der Waals surface area contributed by atoms with E-state index in [0.29, 0.717) is 6.42 Å². The normalized spacial score (nSPS) is 13.1. The van der Waals surface area contributed by atoms with Crippen molar-refractivity contribution in [2.45, 2.75) is 12.5 Å². The molecule has 0 rings (SSSR count). The van der Waals surface area contributed by atoms with Crippen LogP contribution in [0.1, 0.15) is 6.42 Å². The van der Waals surface area contributed by atoms with E-state index in [9.17, 15) is 4.79 Å². The largest absolute Gasteiger partial charge is 0.368 e. The molecule has 0 aromatic carbocycles. The third-order valence-electron chi connectivity index (χ3n) is 1.34. The highest BCUT2D eigenvalue weighted by atomic mass is 16.1. The van der Waals surface area contributed by atoms with E-state index in [-0.39, 0.29) is 11.9 Å². The number of amides is 1. The van der Waals surface area contributed by atoms with Crippen LogP contribution in [0.4, 0.5) is 0 Å². The molecule has 0 aromatic heterocycles. The molecular formula is C7H14N2O. The third kappa shape index (κ3) is 2.64. The second-order valence-electron chi connectivity index (χ2n) is 2.41. The summed E-state index contributed by atoms with van der Waals surface area (Å²) >= 11 is 0. The number of nitrogens with two attached hydrogens (primary N) is 1. The summed E-state index contributed by atoms with van der Waals surface area (Å²) in [6.07, 6.45) is 2.30. The lowest BCUT2D eigenvalue weighted by molar-refractivity contribution is -0.122. The van der Waals surface area contributed by atoms with Gasteiger partial charge in [-0.25, -0.2) is 0 Å². The van der Waals surface area contributed by atoms with Crippen LogP contribution in [0.5, 0.6) is 0 Å². The van der Waals surface area contributed by atoms with Crippen LogP contribution in [0.3, 0.4) is 0 Å². The van der Waals surface area contributed by atoms with Crippen LogP contribution in [-0.4, -0.2) is 30.9 Å². The van der Waals surface area contributed by atoms with Crippen molar-refractivity contribution in [1.29, 1.82) is 0 Å². The third-order valence-corrected chi connectivity index (χ3v) is 1.34. The molecule has 3 heteroatoms. The fourth-order valence-corrected chi connectivity index (χ4v) is 0.739. The molecule has 0 spiro atoms. The first-order valence-corrected chi connectivity index (χ1v) is 3.16. The lowest BCUT2D eigenvalue weighted by Gasteiger charge is -2.18. The SMILES string of the molecule is C=CCC(C(N)=O)N(C)C. The van der Waals surface area contributed by atoms with Gasteiger partial charge in [0.15, 0.2) is 0 Å². The first-order chi connectivity index (χ1) is 4.59.